The van der Waals surface area contributed by atoms with E-state index in [2.05, 4.69) is 31.2 Å². The van der Waals surface area contributed by atoms with Crippen molar-refractivity contribution in [2.75, 3.05) is 11.9 Å². The van der Waals surface area contributed by atoms with Gasteiger partial charge in [0.15, 0.2) is 0 Å². The number of nitrogens with one attached hydrogen (secondary N) is 2. The lowest BCUT2D eigenvalue weighted by atomic mass is 10.00. The predicted octanol–water partition coefficient (Wildman–Crippen LogP) is 5.02. The Kier molecular flexibility index (Phi) is 7.44. The van der Waals surface area contributed by atoms with E-state index in [1.807, 2.05) is 5.32 Å². The van der Waals surface area contributed by atoms with E-state index in [4.69, 9.17) is 4.74 Å². The van der Waals surface area contributed by atoms with Gasteiger partial charge in [-0.1, -0.05) is 12.1 Å². The Labute approximate surface area is 208 Å². The lowest BCUT2D eigenvalue weighted by molar-refractivity contribution is -0.0122. The summed E-state index contributed by atoms with van der Waals surface area (Å²) in [6.07, 6.45) is 0.216. The summed E-state index contributed by atoms with van der Waals surface area (Å²) in [5.41, 5.74) is -1.71. The first-order valence-electron chi connectivity index (χ1n) is 10.6. The number of aromatic nitrogens is 3. The molecular formula is C23H25BrF3N5O3. The van der Waals surface area contributed by atoms with Crippen molar-refractivity contribution in [1.82, 2.24) is 19.9 Å². The smallest absolute Gasteiger partial charge is 0.407 e. The Bertz CT molecular complexity index is 1320. The number of alkyl halides is 2. The molecule has 1 amide bonds. The number of aryl methyl sites for hydroxylation is 1. The van der Waals surface area contributed by atoms with Gasteiger partial charge in [-0.2, -0.15) is 8.78 Å². The fraction of sp³-hybridized carbons (Fsp3) is 0.391. The van der Waals surface area contributed by atoms with Crippen LogP contribution in [0.4, 0.5) is 23.8 Å². The summed E-state index contributed by atoms with van der Waals surface area (Å²) in [5, 5.41) is 5.48. The molecule has 2 heterocycles. The summed E-state index contributed by atoms with van der Waals surface area (Å²) in [6.45, 7) is 5.25. The van der Waals surface area contributed by atoms with Gasteiger partial charge in [0, 0.05) is 12.6 Å². The maximum absolute atomic E-state index is 15.3. The molecule has 0 saturated carbocycles. The van der Waals surface area contributed by atoms with Crippen LogP contribution in [0, 0.1) is 5.82 Å². The molecule has 0 aliphatic carbocycles. The summed E-state index contributed by atoms with van der Waals surface area (Å²) in [4.78, 5) is 32.2. The van der Waals surface area contributed by atoms with Gasteiger partial charge in [-0.15, -0.1) is 0 Å². The van der Waals surface area contributed by atoms with Gasteiger partial charge in [-0.25, -0.2) is 19.2 Å². The molecule has 3 rings (SSSR count). The first-order chi connectivity index (χ1) is 16.2. The average molecular weight is 556 g/mol. The van der Waals surface area contributed by atoms with E-state index in [0.29, 0.717) is 16.9 Å². The summed E-state index contributed by atoms with van der Waals surface area (Å²) in [5.74, 6) is -4.51. The number of anilines is 1. The number of hydrogen-bond acceptors (Lipinski definition) is 6. The number of benzene rings is 1. The molecule has 0 aliphatic heterocycles. The number of amides is 1. The molecule has 188 valence electrons. The number of nitrogens with zero attached hydrogens (tertiary/aromatic N) is 3. The van der Waals surface area contributed by atoms with Crippen molar-refractivity contribution in [3.63, 3.8) is 0 Å². The Morgan fingerprint density at radius 2 is 1.94 bits per heavy atom. The maximum Gasteiger partial charge on any atom is 0.407 e. The average Bonchev–Trinajstić information content (AvgIpc) is 2.75. The van der Waals surface area contributed by atoms with E-state index in [9.17, 15) is 18.4 Å². The molecule has 2 aromatic heterocycles. The van der Waals surface area contributed by atoms with Crippen LogP contribution in [0.2, 0.25) is 0 Å². The Morgan fingerprint density at radius 3 is 2.60 bits per heavy atom. The number of carbonyl (C=O) groups excluding carboxylic acids is 1. The summed E-state index contributed by atoms with van der Waals surface area (Å²) >= 11 is 3.20. The highest BCUT2D eigenvalue weighted by atomic mass is 79.9. The Morgan fingerprint density at radius 1 is 1.26 bits per heavy atom. The van der Waals surface area contributed by atoms with Crippen molar-refractivity contribution in [2.24, 2.45) is 7.05 Å². The number of rotatable bonds is 6. The SMILES string of the molecule is C[C@@H](Nc1ncnc2c1cc(Br)c(=O)n2C)c1cccc(C(F)(F)CNC(=O)OC(C)(C)C)c1F. The van der Waals surface area contributed by atoms with Gasteiger partial charge in [0.25, 0.3) is 11.5 Å². The van der Waals surface area contributed by atoms with Gasteiger partial charge >= 0.3 is 6.09 Å². The number of fused-ring (bicyclic) bond motifs is 1. The fourth-order valence-corrected chi connectivity index (χ4v) is 3.88. The van der Waals surface area contributed by atoms with E-state index in [1.165, 1.54) is 29.1 Å². The molecule has 1 aromatic carbocycles. The van der Waals surface area contributed by atoms with Crippen LogP contribution < -0.4 is 16.2 Å². The molecule has 1 atom stereocenters. The van der Waals surface area contributed by atoms with E-state index in [0.717, 1.165) is 6.07 Å². The van der Waals surface area contributed by atoms with Crippen LogP contribution in [0.15, 0.2) is 39.9 Å². The number of carbonyl (C=O) groups is 1. The van der Waals surface area contributed by atoms with Crippen molar-refractivity contribution in [3.8, 4) is 0 Å². The first kappa shape index (κ1) is 26.5. The van der Waals surface area contributed by atoms with Crippen molar-refractivity contribution < 1.29 is 22.7 Å². The van der Waals surface area contributed by atoms with Gasteiger partial charge in [0.2, 0.25) is 0 Å². The second-order valence-corrected chi connectivity index (χ2v) is 9.81. The molecule has 0 bridgehead atoms. The zero-order chi connectivity index (χ0) is 26.1. The summed E-state index contributed by atoms with van der Waals surface area (Å²) in [6, 6.07) is 4.42. The van der Waals surface area contributed by atoms with Gasteiger partial charge in [0.1, 0.15) is 29.2 Å². The molecule has 0 spiro atoms. The first-order valence-corrected chi connectivity index (χ1v) is 11.4. The van der Waals surface area contributed by atoms with Crippen LogP contribution in [-0.2, 0) is 17.7 Å². The fourth-order valence-electron chi connectivity index (χ4n) is 3.39. The van der Waals surface area contributed by atoms with Gasteiger partial charge in [-0.3, -0.25) is 9.36 Å². The number of halogens is 4. The minimum atomic E-state index is -3.69. The number of pyridine rings is 1. The third-order valence-electron chi connectivity index (χ3n) is 5.06. The topological polar surface area (TPSA) is 98.1 Å². The lowest BCUT2D eigenvalue weighted by Gasteiger charge is -2.24. The molecule has 3 aromatic rings. The molecule has 2 N–H and O–H groups in total. The molecule has 8 nitrogen and oxygen atoms in total. The van der Waals surface area contributed by atoms with Crippen molar-refractivity contribution >= 4 is 38.9 Å². The zero-order valence-electron chi connectivity index (χ0n) is 19.7. The molecule has 0 radical (unpaired) electrons. The molecule has 0 aliphatic rings. The molecule has 12 heteroatoms. The van der Waals surface area contributed by atoms with Crippen LogP contribution in [0.1, 0.15) is 44.9 Å². The van der Waals surface area contributed by atoms with E-state index >= 15 is 4.39 Å². The zero-order valence-corrected chi connectivity index (χ0v) is 21.3. The van der Waals surface area contributed by atoms with Crippen LogP contribution in [0.25, 0.3) is 11.0 Å². The van der Waals surface area contributed by atoms with Crippen LogP contribution in [-0.4, -0.2) is 32.8 Å². The number of alkyl carbamates (subject to hydrolysis) is 1. The Hall–Kier alpha value is -3.15. The highest BCUT2D eigenvalue weighted by Gasteiger charge is 2.37. The molecular weight excluding hydrogens is 531 g/mol. The normalized spacial score (nSPS) is 12.9. The largest absolute Gasteiger partial charge is 0.444 e. The minimum Gasteiger partial charge on any atom is -0.444 e. The second kappa shape index (κ2) is 9.84. The van der Waals surface area contributed by atoms with E-state index in [-0.39, 0.29) is 15.6 Å². The van der Waals surface area contributed by atoms with Crippen LogP contribution >= 0.6 is 15.9 Å². The third kappa shape index (κ3) is 5.92. The van der Waals surface area contributed by atoms with Crippen molar-refractivity contribution in [1.29, 1.82) is 0 Å². The summed E-state index contributed by atoms with van der Waals surface area (Å²) < 4.78 is 51.5. The van der Waals surface area contributed by atoms with Crippen molar-refractivity contribution in [2.45, 2.75) is 45.3 Å². The highest BCUT2D eigenvalue weighted by Crippen LogP contribution is 2.34. The van der Waals surface area contributed by atoms with Gasteiger partial charge < -0.3 is 15.4 Å². The van der Waals surface area contributed by atoms with Crippen LogP contribution in [0.3, 0.4) is 0 Å². The van der Waals surface area contributed by atoms with Gasteiger partial charge in [0.05, 0.1) is 28.0 Å². The molecule has 35 heavy (non-hydrogen) atoms. The minimum absolute atomic E-state index is 0.0323. The van der Waals surface area contributed by atoms with Crippen LogP contribution in [0.5, 0.6) is 0 Å². The number of hydrogen-bond donors (Lipinski definition) is 2. The highest BCUT2D eigenvalue weighted by molar-refractivity contribution is 9.10. The van der Waals surface area contributed by atoms with Gasteiger partial charge in [-0.05, 0) is 55.8 Å². The van der Waals surface area contributed by atoms with Crippen molar-refractivity contribution in [3.05, 3.63) is 62.4 Å². The lowest BCUT2D eigenvalue weighted by Crippen LogP contribution is -2.39. The third-order valence-corrected chi connectivity index (χ3v) is 5.62. The predicted molar refractivity (Wildman–Crippen MR) is 129 cm³/mol. The standard InChI is InChI=1S/C23H25BrF3N5O3/c1-12(31-18-14-9-16(24)20(33)32(5)19(14)30-11-29-18)13-7-6-8-15(17(13)25)23(26,27)10-28-21(34)35-22(2,3)4/h6-9,11-12H,10H2,1-5H3,(H,28,34)(H,29,30,31)/t12-/m1/s1. The maximum atomic E-state index is 15.3. The quantitative estimate of drug-likeness (QED) is 0.443. The van der Waals surface area contributed by atoms with E-state index < -0.39 is 41.6 Å². The number of ether oxygens (including phenoxy) is 1. The molecule has 0 unspecified atom stereocenters. The monoisotopic (exact) mass is 555 g/mol. The molecule has 0 saturated heterocycles. The second-order valence-electron chi connectivity index (χ2n) is 8.95. The molecule has 0 fully saturated rings. The summed E-state index contributed by atoms with van der Waals surface area (Å²) in [7, 11) is 1.55. The Balaban J connectivity index is 1.87. The van der Waals surface area contributed by atoms with E-state index in [1.54, 1.807) is 34.7 Å².